The molecule has 5 nitrogen and oxygen atoms in total. The lowest BCUT2D eigenvalue weighted by atomic mass is 9.81. The van der Waals surface area contributed by atoms with Crippen molar-refractivity contribution in [2.75, 3.05) is 18.9 Å². The molecule has 0 aromatic carbocycles. The molecule has 1 aromatic rings. The Kier molecular flexibility index (Phi) is 5.53. The van der Waals surface area contributed by atoms with Gasteiger partial charge in [0.15, 0.2) is 0 Å². The van der Waals surface area contributed by atoms with Gasteiger partial charge in [0.2, 0.25) is 5.91 Å². The Balaban J connectivity index is 1.85. The molecule has 2 rings (SSSR count). The van der Waals surface area contributed by atoms with Crippen LogP contribution in [0.5, 0.6) is 0 Å². The zero-order valence-electron chi connectivity index (χ0n) is 13.3. The fourth-order valence-corrected chi connectivity index (χ4v) is 2.98. The van der Waals surface area contributed by atoms with E-state index in [1.54, 1.807) is 7.05 Å². The molecule has 0 atom stereocenters. The first-order valence-electron chi connectivity index (χ1n) is 7.92. The first-order valence-corrected chi connectivity index (χ1v) is 7.92. The van der Waals surface area contributed by atoms with Gasteiger partial charge in [0.1, 0.15) is 11.6 Å². The van der Waals surface area contributed by atoms with Gasteiger partial charge in [-0.05, 0) is 44.9 Å². The maximum absolute atomic E-state index is 11.6. The molecule has 0 radical (unpaired) electrons. The van der Waals surface area contributed by atoms with Crippen molar-refractivity contribution in [3.63, 3.8) is 0 Å². The Morgan fingerprint density at radius 3 is 2.67 bits per heavy atom. The maximum atomic E-state index is 11.6. The first-order chi connectivity index (χ1) is 10.1. The SMILES string of the molecule is CCc1cnc(C)nc1NCC1CCC(C(=O)NC)CC1. The Morgan fingerprint density at radius 2 is 2.05 bits per heavy atom. The van der Waals surface area contributed by atoms with Crippen LogP contribution in [0, 0.1) is 18.8 Å². The molecule has 1 aromatic heterocycles. The molecule has 0 bridgehead atoms. The number of nitrogens with zero attached hydrogens (tertiary/aromatic N) is 2. The third kappa shape index (κ3) is 4.16. The molecule has 1 heterocycles. The van der Waals surface area contributed by atoms with Crippen LogP contribution in [0.15, 0.2) is 6.20 Å². The van der Waals surface area contributed by atoms with Crippen LogP contribution in [0.1, 0.15) is 44.0 Å². The highest BCUT2D eigenvalue weighted by Gasteiger charge is 2.25. The van der Waals surface area contributed by atoms with Gasteiger partial charge in [0.05, 0.1) is 0 Å². The van der Waals surface area contributed by atoms with E-state index in [9.17, 15) is 4.79 Å². The second kappa shape index (κ2) is 7.38. The smallest absolute Gasteiger partial charge is 0.222 e. The number of rotatable bonds is 5. The molecule has 1 aliphatic carbocycles. The summed E-state index contributed by atoms with van der Waals surface area (Å²) in [6.45, 7) is 4.97. The molecule has 1 aliphatic rings. The summed E-state index contributed by atoms with van der Waals surface area (Å²) < 4.78 is 0. The molecular formula is C16H26N4O. The summed E-state index contributed by atoms with van der Waals surface area (Å²) in [6, 6.07) is 0. The van der Waals surface area contributed by atoms with Gasteiger partial charge in [0, 0.05) is 31.3 Å². The first kappa shape index (κ1) is 15.7. The summed E-state index contributed by atoms with van der Waals surface area (Å²) in [5.41, 5.74) is 1.17. The molecule has 1 fully saturated rings. The lowest BCUT2D eigenvalue weighted by Gasteiger charge is -2.27. The molecule has 1 amide bonds. The highest BCUT2D eigenvalue weighted by atomic mass is 16.1. The summed E-state index contributed by atoms with van der Waals surface area (Å²) >= 11 is 0. The predicted octanol–water partition coefficient (Wildman–Crippen LogP) is 2.31. The fraction of sp³-hybridized carbons (Fsp3) is 0.688. The number of hydrogen-bond donors (Lipinski definition) is 2. The van der Waals surface area contributed by atoms with Crippen LogP contribution >= 0.6 is 0 Å². The van der Waals surface area contributed by atoms with Gasteiger partial charge in [-0.15, -0.1) is 0 Å². The van der Waals surface area contributed by atoms with Crippen LogP contribution < -0.4 is 10.6 Å². The second-order valence-electron chi connectivity index (χ2n) is 5.86. The predicted molar refractivity (Wildman–Crippen MR) is 84.2 cm³/mol. The molecule has 116 valence electrons. The van der Waals surface area contributed by atoms with Gasteiger partial charge in [0.25, 0.3) is 0 Å². The van der Waals surface area contributed by atoms with Crippen molar-refractivity contribution in [1.29, 1.82) is 0 Å². The van der Waals surface area contributed by atoms with Crippen molar-refractivity contribution in [3.05, 3.63) is 17.6 Å². The van der Waals surface area contributed by atoms with E-state index in [-0.39, 0.29) is 11.8 Å². The topological polar surface area (TPSA) is 66.9 Å². The van der Waals surface area contributed by atoms with E-state index in [0.29, 0.717) is 5.92 Å². The van der Waals surface area contributed by atoms with E-state index in [0.717, 1.165) is 50.3 Å². The van der Waals surface area contributed by atoms with Gasteiger partial charge in [-0.1, -0.05) is 6.92 Å². The zero-order valence-corrected chi connectivity index (χ0v) is 13.3. The number of carbonyl (C=O) groups excluding carboxylic acids is 1. The summed E-state index contributed by atoms with van der Waals surface area (Å²) in [7, 11) is 1.72. The molecule has 1 saturated carbocycles. The van der Waals surface area contributed by atoms with E-state index < -0.39 is 0 Å². The Labute approximate surface area is 127 Å². The van der Waals surface area contributed by atoms with Crippen LogP contribution in [0.25, 0.3) is 0 Å². The van der Waals surface area contributed by atoms with Gasteiger partial charge < -0.3 is 10.6 Å². The average Bonchev–Trinajstić information content (AvgIpc) is 2.52. The third-order valence-electron chi connectivity index (χ3n) is 4.39. The van der Waals surface area contributed by atoms with Gasteiger partial charge >= 0.3 is 0 Å². The fourth-order valence-electron chi connectivity index (χ4n) is 2.98. The van der Waals surface area contributed by atoms with E-state index in [4.69, 9.17) is 0 Å². The highest BCUT2D eigenvalue weighted by Crippen LogP contribution is 2.29. The molecule has 0 saturated heterocycles. The molecule has 0 unspecified atom stereocenters. The summed E-state index contributed by atoms with van der Waals surface area (Å²) in [4.78, 5) is 20.4. The van der Waals surface area contributed by atoms with Crippen molar-refractivity contribution in [2.24, 2.45) is 11.8 Å². The minimum absolute atomic E-state index is 0.195. The maximum Gasteiger partial charge on any atom is 0.222 e. The monoisotopic (exact) mass is 290 g/mol. The molecule has 0 spiro atoms. The standard InChI is InChI=1S/C16H26N4O/c1-4-13-10-18-11(2)20-15(13)19-9-12-5-7-14(8-6-12)16(21)17-3/h10,12,14H,4-9H2,1-3H3,(H,17,21)(H,18,19,20). The van der Waals surface area contributed by atoms with E-state index in [2.05, 4.69) is 27.5 Å². The van der Waals surface area contributed by atoms with Gasteiger partial charge in [-0.25, -0.2) is 9.97 Å². The van der Waals surface area contributed by atoms with Gasteiger partial charge in [-0.2, -0.15) is 0 Å². The lowest BCUT2D eigenvalue weighted by Crippen LogP contribution is -2.32. The number of aryl methyl sites for hydroxylation is 2. The minimum atomic E-state index is 0.195. The number of amides is 1. The van der Waals surface area contributed by atoms with Gasteiger partial charge in [-0.3, -0.25) is 4.79 Å². The zero-order chi connectivity index (χ0) is 15.2. The lowest BCUT2D eigenvalue weighted by molar-refractivity contribution is -0.125. The van der Waals surface area contributed by atoms with Crippen LogP contribution in [-0.4, -0.2) is 29.5 Å². The van der Waals surface area contributed by atoms with Crippen LogP contribution in [0.3, 0.4) is 0 Å². The highest BCUT2D eigenvalue weighted by molar-refractivity contribution is 5.78. The molecular weight excluding hydrogens is 264 g/mol. The van der Waals surface area contributed by atoms with Crippen LogP contribution in [0.2, 0.25) is 0 Å². The minimum Gasteiger partial charge on any atom is -0.369 e. The van der Waals surface area contributed by atoms with Crippen LogP contribution in [-0.2, 0) is 11.2 Å². The Morgan fingerprint density at radius 1 is 1.33 bits per heavy atom. The Hall–Kier alpha value is -1.65. The van der Waals surface area contributed by atoms with E-state index in [1.807, 2.05) is 13.1 Å². The summed E-state index contributed by atoms with van der Waals surface area (Å²) in [6.07, 6.45) is 7.05. The van der Waals surface area contributed by atoms with Crippen molar-refractivity contribution >= 4 is 11.7 Å². The second-order valence-corrected chi connectivity index (χ2v) is 5.86. The number of anilines is 1. The van der Waals surface area contributed by atoms with E-state index >= 15 is 0 Å². The number of carbonyl (C=O) groups is 1. The molecule has 21 heavy (non-hydrogen) atoms. The van der Waals surface area contributed by atoms with Crippen molar-refractivity contribution < 1.29 is 4.79 Å². The molecule has 0 aliphatic heterocycles. The molecule has 5 heteroatoms. The number of hydrogen-bond acceptors (Lipinski definition) is 4. The van der Waals surface area contributed by atoms with Crippen molar-refractivity contribution in [2.45, 2.75) is 46.0 Å². The summed E-state index contributed by atoms with van der Waals surface area (Å²) in [5.74, 6) is 2.81. The largest absolute Gasteiger partial charge is 0.369 e. The third-order valence-corrected chi connectivity index (χ3v) is 4.39. The summed E-state index contributed by atoms with van der Waals surface area (Å²) in [5, 5.41) is 6.24. The Bertz CT molecular complexity index is 481. The quantitative estimate of drug-likeness (QED) is 0.873. The van der Waals surface area contributed by atoms with Crippen LogP contribution in [0.4, 0.5) is 5.82 Å². The average molecular weight is 290 g/mol. The number of aromatic nitrogens is 2. The number of nitrogens with one attached hydrogen (secondary N) is 2. The van der Waals surface area contributed by atoms with E-state index in [1.165, 1.54) is 5.56 Å². The van der Waals surface area contributed by atoms with Crippen molar-refractivity contribution in [3.8, 4) is 0 Å². The van der Waals surface area contributed by atoms with Crippen molar-refractivity contribution in [1.82, 2.24) is 15.3 Å². The normalized spacial score (nSPS) is 21.9. The molecule has 2 N–H and O–H groups in total.